The van der Waals surface area contributed by atoms with Crippen LogP contribution in [0.3, 0.4) is 0 Å². The van der Waals surface area contributed by atoms with E-state index in [0.29, 0.717) is 11.9 Å². The maximum Gasteiger partial charge on any atom is 0.189 e. The molecule has 1 aliphatic heterocycles. The number of nitrogens with one attached hydrogen (secondary N) is 1. The van der Waals surface area contributed by atoms with E-state index < -0.39 is 0 Å². The molecule has 0 spiro atoms. The highest BCUT2D eigenvalue weighted by Gasteiger charge is 2.20. The molecule has 4 N–H and O–H groups in total. The molecule has 7 heteroatoms. The zero-order chi connectivity index (χ0) is 20.4. The molecule has 0 atom stereocenters. The quantitative estimate of drug-likeness (QED) is 0.581. The van der Waals surface area contributed by atoms with Crippen molar-refractivity contribution >= 4 is 33.7 Å². The number of thiazole rings is 1. The van der Waals surface area contributed by atoms with Crippen molar-refractivity contribution in [1.82, 2.24) is 9.88 Å². The number of nitrogen functional groups attached to an aromatic ring is 1. The van der Waals surface area contributed by atoms with Crippen molar-refractivity contribution in [2.75, 3.05) is 43.1 Å². The van der Waals surface area contributed by atoms with Gasteiger partial charge in [-0.05, 0) is 81.0 Å². The third kappa shape index (κ3) is 4.46. The number of anilines is 4. The maximum atomic E-state index is 9.47. The third-order valence-electron chi connectivity index (χ3n) is 5.46. The van der Waals surface area contributed by atoms with Gasteiger partial charge in [0.2, 0.25) is 0 Å². The number of phenols is 1. The molecule has 6 nitrogen and oxygen atoms in total. The molecule has 29 heavy (non-hydrogen) atoms. The first-order valence-electron chi connectivity index (χ1n) is 9.84. The summed E-state index contributed by atoms with van der Waals surface area (Å²) in [4.78, 5) is 10.1. The van der Waals surface area contributed by atoms with E-state index in [4.69, 9.17) is 5.73 Å². The second-order valence-corrected chi connectivity index (χ2v) is 8.63. The molecule has 152 valence electrons. The number of phenolic OH excluding ortho intramolecular Hbond substituents is 1. The van der Waals surface area contributed by atoms with E-state index in [2.05, 4.69) is 58.5 Å². The first-order valence-corrected chi connectivity index (χ1v) is 10.7. The van der Waals surface area contributed by atoms with E-state index in [0.717, 1.165) is 34.3 Å². The largest absolute Gasteiger partial charge is 0.508 e. The van der Waals surface area contributed by atoms with Gasteiger partial charge in [-0.2, -0.15) is 0 Å². The summed E-state index contributed by atoms with van der Waals surface area (Å²) in [5.41, 5.74) is 9.30. The standard InChI is InChI=1S/C22H27N5OS/c1-26(2)17-11-13-27(14-12-17)18-7-5-16(6-8-18)24-22-25-21(23)20(29-22)15-3-9-19(28)10-4-15/h3-10,17,28H,11-14,23H2,1-2H3,(H,24,25). The molecular formula is C22H27N5OS. The van der Waals surface area contributed by atoms with Gasteiger partial charge in [-0.1, -0.05) is 11.3 Å². The minimum atomic E-state index is 0.237. The van der Waals surface area contributed by atoms with Gasteiger partial charge in [-0.15, -0.1) is 0 Å². The SMILES string of the molecule is CN(C)C1CCN(c2ccc(Nc3nc(N)c(-c4ccc(O)cc4)s3)cc2)CC1. The predicted octanol–water partition coefficient (Wildman–Crippen LogP) is 4.37. The molecule has 0 saturated carbocycles. The maximum absolute atomic E-state index is 9.47. The Kier molecular flexibility index (Phi) is 5.60. The molecule has 3 aromatic rings. The van der Waals surface area contributed by atoms with E-state index >= 15 is 0 Å². The highest BCUT2D eigenvalue weighted by atomic mass is 32.1. The third-order valence-corrected chi connectivity index (χ3v) is 6.50. The Balaban J connectivity index is 1.42. The predicted molar refractivity (Wildman–Crippen MR) is 122 cm³/mol. The molecule has 0 radical (unpaired) electrons. The average Bonchev–Trinajstić information content (AvgIpc) is 3.09. The monoisotopic (exact) mass is 409 g/mol. The molecule has 0 bridgehead atoms. The molecule has 1 aromatic heterocycles. The Bertz CT molecular complexity index is 944. The zero-order valence-corrected chi connectivity index (χ0v) is 17.6. The number of nitrogens with two attached hydrogens (primary N) is 1. The molecule has 2 aromatic carbocycles. The lowest BCUT2D eigenvalue weighted by Crippen LogP contribution is -2.41. The summed E-state index contributed by atoms with van der Waals surface area (Å²) in [7, 11) is 4.33. The Hall–Kier alpha value is -2.77. The van der Waals surface area contributed by atoms with Crippen LogP contribution < -0.4 is 16.0 Å². The Morgan fingerprint density at radius 1 is 1.07 bits per heavy atom. The second kappa shape index (κ2) is 8.31. The number of hydrogen-bond donors (Lipinski definition) is 3. The Morgan fingerprint density at radius 3 is 2.34 bits per heavy atom. The van der Waals surface area contributed by atoms with Gasteiger partial charge in [0.25, 0.3) is 0 Å². The first kappa shape index (κ1) is 19.5. The van der Waals surface area contributed by atoms with E-state index in [9.17, 15) is 5.11 Å². The van der Waals surface area contributed by atoms with Crippen LogP contribution in [-0.2, 0) is 0 Å². The van der Waals surface area contributed by atoms with Gasteiger partial charge in [-0.3, -0.25) is 0 Å². The normalized spacial score (nSPS) is 15.1. The second-order valence-electron chi connectivity index (χ2n) is 7.63. The van der Waals surface area contributed by atoms with Gasteiger partial charge in [0.05, 0.1) is 4.88 Å². The van der Waals surface area contributed by atoms with Crippen molar-refractivity contribution in [3.8, 4) is 16.2 Å². The van der Waals surface area contributed by atoms with Crippen molar-refractivity contribution in [3.63, 3.8) is 0 Å². The number of rotatable bonds is 5. The summed E-state index contributed by atoms with van der Waals surface area (Å²) >= 11 is 1.50. The van der Waals surface area contributed by atoms with E-state index in [1.54, 1.807) is 12.1 Å². The van der Waals surface area contributed by atoms with Crippen molar-refractivity contribution in [1.29, 1.82) is 0 Å². The summed E-state index contributed by atoms with van der Waals surface area (Å²) in [5, 5.41) is 13.6. The fourth-order valence-electron chi connectivity index (χ4n) is 3.72. The summed E-state index contributed by atoms with van der Waals surface area (Å²) < 4.78 is 0. The summed E-state index contributed by atoms with van der Waals surface area (Å²) in [5.74, 6) is 0.727. The topological polar surface area (TPSA) is 77.7 Å². The van der Waals surface area contributed by atoms with Crippen molar-refractivity contribution < 1.29 is 5.11 Å². The Morgan fingerprint density at radius 2 is 1.72 bits per heavy atom. The summed E-state index contributed by atoms with van der Waals surface area (Å²) in [6.45, 7) is 2.18. The molecule has 0 unspecified atom stereocenters. The van der Waals surface area contributed by atoms with Gasteiger partial charge < -0.3 is 26.0 Å². The van der Waals surface area contributed by atoms with Crippen LogP contribution in [0.4, 0.5) is 22.3 Å². The number of aromatic nitrogens is 1. The van der Waals surface area contributed by atoms with Crippen LogP contribution >= 0.6 is 11.3 Å². The van der Waals surface area contributed by atoms with Gasteiger partial charge in [0.1, 0.15) is 11.6 Å². The first-order chi connectivity index (χ1) is 14.0. The molecule has 1 saturated heterocycles. The van der Waals surface area contributed by atoms with Crippen molar-refractivity contribution in [3.05, 3.63) is 48.5 Å². The van der Waals surface area contributed by atoms with Crippen molar-refractivity contribution in [2.24, 2.45) is 0 Å². The molecular weight excluding hydrogens is 382 g/mol. The highest BCUT2D eigenvalue weighted by molar-refractivity contribution is 7.19. The Labute approximate surface area is 175 Å². The van der Waals surface area contributed by atoms with Crippen LogP contribution in [0.5, 0.6) is 5.75 Å². The minimum Gasteiger partial charge on any atom is -0.508 e. The van der Waals surface area contributed by atoms with Gasteiger partial charge >= 0.3 is 0 Å². The molecule has 1 aliphatic rings. The molecule has 0 amide bonds. The lowest BCUT2D eigenvalue weighted by Gasteiger charge is -2.36. The number of aromatic hydroxyl groups is 1. The molecule has 0 aliphatic carbocycles. The van der Waals surface area contributed by atoms with Gasteiger partial charge in [0.15, 0.2) is 5.13 Å². The highest BCUT2D eigenvalue weighted by Crippen LogP contribution is 2.36. The lowest BCUT2D eigenvalue weighted by molar-refractivity contribution is 0.249. The summed E-state index contributed by atoms with van der Waals surface area (Å²) in [6.07, 6.45) is 2.40. The number of piperidine rings is 1. The lowest BCUT2D eigenvalue weighted by atomic mass is 10.0. The van der Waals surface area contributed by atoms with Gasteiger partial charge in [-0.25, -0.2) is 4.98 Å². The fraction of sp³-hybridized carbons (Fsp3) is 0.318. The van der Waals surface area contributed by atoms with Gasteiger partial charge in [0, 0.05) is 30.5 Å². The smallest absolute Gasteiger partial charge is 0.189 e. The van der Waals surface area contributed by atoms with Crippen LogP contribution in [0.25, 0.3) is 10.4 Å². The molecule has 2 heterocycles. The fourth-order valence-corrected chi connectivity index (χ4v) is 4.63. The van der Waals surface area contributed by atoms with E-state index in [-0.39, 0.29) is 5.75 Å². The molecule has 4 rings (SSSR count). The van der Waals surface area contributed by atoms with Crippen LogP contribution in [0.1, 0.15) is 12.8 Å². The van der Waals surface area contributed by atoms with Crippen LogP contribution in [0.15, 0.2) is 48.5 Å². The van der Waals surface area contributed by atoms with Crippen LogP contribution in [0.2, 0.25) is 0 Å². The number of benzene rings is 2. The van der Waals surface area contributed by atoms with Crippen molar-refractivity contribution in [2.45, 2.75) is 18.9 Å². The zero-order valence-electron chi connectivity index (χ0n) is 16.8. The minimum absolute atomic E-state index is 0.237. The number of hydrogen-bond acceptors (Lipinski definition) is 7. The van der Waals surface area contributed by atoms with E-state index in [1.807, 2.05) is 12.1 Å². The van der Waals surface area contributed by atoms with Crippen LogP contribution in [0, 0.1) is 0 Å². The van der Waals surface area contributed by atoms with E-state index in [1.165, 1.54) is 29.9 Å². The summed E-state index contributed by atoms with van der Waals surface area (Å²) in [6, 6.07) is 16.2. The average molecular weight is 410 g/mol. The van der Waals surface area contributed by atoms with Crippen LogP contribution in [-0.4, -0.2) is 48.2 Å². The molecule has 1 fully saturated rings. The number of nitrogens with zero attached hydrogens (tertiary/aromatic N) is 3.